The molecule has 1 aromatic heterocycles. The molecule has 2 aliphatic rings. The maximum Gasteiger partial charge on any atom is 0.254 e. The third-order valence-corrected chi connectivity index (χ3v) is 9.47. The SMILES string of the molecule is CO[C@@H]1CN(C(=O)c2cc(C)ccc2C)C[C@H]1Oc1cccc(CS(=O)(=O)N2CCCC2c2ccc(F)cn2)c1. The predicted molar refractivity (Wildman–Crippen MR) is 149 cm³/mol. The highest BCUT2D eigenvalue weighted by Crippen LogP contribution is 2.34. The van der Waals surface area contributed by atoms with E-state index in [1.807, 2.05) is 32.0 Å². The first kappa shape index (κ1) is 28.2. The van der Waals surface area contributed by atoms with Crippen LogP contribution in [0.2, 0.25) is 0 Å². The number of hydrogen-bond donors (Lipinski definition) is 0. The molecule has 2 saturated heterocycles. The third kappa shape index (κ3) is 6.04. The molecule has 0 radical (unpaired) electrons. The summed E-state index contributed by atoms with van der Waals surface area (Å²) in [5.41, 5.74) is 3.74. The number of halogens is 1. The molecule has 1 amide bonds. The molecule has 1 unspecified atom stereocenters. The van der Waals surface area contributed by atoms with Gasteiger partial charge in [-0.25, -0.2) is 12.8 Å². The number of aromatic nitrogens is 1. The van der Waals surface area contributed by atoms with Gasteiger partial charge in [0, 0.05) is 19.2 Å². The third-order valence-electron chi connectivity index (χ3n) is 7.62. The molecule has 0 spiro atoms. The normalized spacial score (nSPS) is 21.6. The van der Waals surface area contributed by atoms with Gasteiger partial charge in [-0.3, -0.25) is 9.78 Å². The van der Waals surface area contributed by atoms with Crippen molar-refractivity contribution in [1.29, 1.82) is 0 Å². The van der Waals surface area contributed by atoms with E-state index in [0.29, 0.717) is 55.0 Å². The average molecular weight is 568 g/mol. The maximum absolute atomic E-state index is 13.4. The highest BCUT2D eigenvalue weighted by Gasteiger charge is 2.38. The minimum absolute atomic E-state index is 0.0648. The van der Waals surface area contributed by atoms with Gasteiger partial charge in [0.2, 0.25) is 10.0 Å². The Kier molecular flexibility index (Phi) is 8.21. The van der Waals surface area contributed by atoms with Gasteiger partial charge in [0.05, 0.1) is 36.8 Å². The number of ether oxygens (including phenoxy) is 2. The summed E-state index contributed by atoms with van der Waals surface area (Å²) in [6.07, 6.45) is 1.74. The van der Waals surface area contributed by atoms with Crippen molar-refractivity contribution < 1.29 is 27.1 Å². The van der Waals surface area contributed by atoms with Gasteiger partial charge in [0.1, 0.15) is 23.8 Å². The molecule has 0 saturated carbocycles. The highest BCUT2D eigenvalue weighted by atomic mass is 32.2. The summed E-state index contributed by atoms with van der Waals surface area (Å²) < 4.78 is 53.6. The van der Waals surface area contributed by atoms with Gasteiger partial charge in [0.25, 0.3) is 5.91 Å². The van der Waals surface area contributed by atoms with Crippen molar-refractivity contribution in [1.82, 2.24) is 14.2 Å². The Hall–Kier alpha value is -3.34. The number of carbonyl (C=O) groups excluding carboxylic acids is 1. The Balaban J connectivity index is 1.28. The van der Waals surface area contributed by atoms with E-state index in [9.17, 15) is 17.6 Å². The van der Waals surface area contributed by atoms with Crippen LogP contribution in [0.5, 0.6) is 5.75 Å². The zero-order valence-corrected chi connectivity index (χ0v) is 23.7. The van der Waals surface area contributed by atoms with Crippen LogP contribution in [0.3, 0.4) is 0 Å². The number of amides is 1. The van der Waals surface area contributed by atoms with Crippen LogP contribution in [-0.2, 0) is 20.5 Å². The van der Waals surface area contributed by atoms with Crippen molar-refractivity contribution in [2.24, 2.45) is 0 Å². The van der Waals surface area contributed by atoms with Crippen LogP contribution in [0, 0.1) is 19.7 Å². The molecule has 2 aliphatic heterocycles. The van der Waals surface area contributed by atoms with E-state index < -0.39 is 28.0 Å². The monoisotopic (exact) mass is 567 g/mol. The molecule has 2 aromatic carbocycles. The van der Waals surface area contributed by atoms with Crippen LogP contribution >= 0.6 is 0 Å². The Morgan fingerprint density at radius 2 is 1.88 bits per heavy atom. The number of rotatable bonds is 8. The van der Waals surface area contributed by atoms with Crippen LogP contribution in [0.25, 0.3) is 0 Å². The second-order valence-electron chi connectivity index (χ2n) is 10.5. The van der Waals surface area contributed by atoms with Crippen LogP contribution in [-0.4, -0.2) is 67.5 Å². The first-order valence-corrected chi connectivity index (χ1v) is 15.0. The zero-order valence-electron chi connectivity index (χ0n) is 22.9. The van der Waals surface area contributed by atoms with E-state index in [1.165, 1.54) is 10.4 Å². The molecule has 40 heavy (non-hydrogen) atoms. The summed E-state index contributed by atoms with van der Waals surface area (Å²) in [4.78, 5) is 19.1. The fourth-order valence-corrected chi connectivity index (χ4v) is 7.29. The Morgan fingerprint density at radius 1 is 1.07 bits per heavy atom. The quantitative estimate of drug-likeness (QED) is 0.400. The van der Waals surface area contributed by atoms with Gasteiger partial charge < -0.3 is 14.4 Å². The van der Waals surface area contributed by atoms with E-state index in [2.05, 4.69) is 4.98 Å². The smallest absolute Gasteiger partial charge is 0.254 e. The Labute approximate surface area is 234 Å². The summed E-state index contributed by atoms with van der Waals surface area (Å²) >= 11 is 0. The molecule has 3 heterocycles. The summed E-state index contributed by atoms with van der Waals surface area (Å²) in [7, 11) is -2.08. The van der Waals surface area contributed by atoms with Gasteiger partial charge in [-0.2, -0.15) is 4.31 Å². The first-order valence-electron chi connectivity index (χ1n) is 13.4. The molecular weight excluding hydrogens is 533 g/mol. The fraction of sp³-hybridized carbons (Fsp3) is 0.400. The number of pyridine rings is 1. The minimum atomic E-state index is -3.67. The molecule has 10 heteroatoms. The van der Waals surface area contributed by atoms with E-state index in [4.69, 9.17) is 9.47 Å². The number of aryl methyl sites for hydroxylation is 2. The van der Waals surface area contributed by atoms with Crippen LogP contribution < -0.4 is 4.74 Å². The second-order valence-corrected chi connectivity index (χ2v) is 12.5. The fourth-order valence-electron chi connectivity index (χ4n) is 5.52. The standard InChI is InChI=1S/C30H34FN3O5S/c1-20-9-10-21(2)25(14-20)30(35)33-17-28(38-3)29(18-33)39-24-7-4-6-22(15-24)19-40(36,37)34-13-5-8-27(34)26-12-11-23(31)16-32-26/h4,6-7,9-12,14-16,27-29H,5,8,13,17-19H2,1-3H3/t27?,28-,29-/m1/s1. The molecule has 3 aromatic rings. The predicted octanol–water partition coefficient (Wildman–Crippen LogP) is 4.42. The largest absolute Gasteiger partial charge is 0.486 e. The molecule has 8 nitrogen and oxygen atoms in total. The van der Waals surface area contributed by atoms with E-state index in [-0.39, 0.29) is 17.8 Å². The minimum Gasteiger partial charge on any atom is -0.486 e. The lowest BCUT2D eigenvalue weighted by atomic mass is 10.0. The van der Waals surface area contributed by atoms with E-state index >= 15 is 0 Å². The molecule has 2 fully saturated rings. The van der Waals surface area contributed by atoms with Crippen LogP contribution in [0.15, 0.2) is 60.8 Å². The van der Waals surface area contributed by atoms with E-state index in [0.717, 1.165) is 17.3 Å². The number of likely N-dealkylation sites (tertiary alicyclic amines) is 1. The molecule has 0 bridgehead atoms. The number of carbonyl (C=O) groups is 1. The topological polar surface area (TPSA) is 89.0 Å². The molecular formula is C30H34FN3O5S. The maximum atomic E-state index is 13.4. The summed E-state index contributed by atoms with van der Waals surface area (Å²) in [6, 6.07) is 15.3. The Bertz CT molecular complexity index is 1480. The summed E-state index contributed by atoms with van der Waals surface area (Å²) in [5.74, 6) is -0.204. The van der Waals surface area contributed by atoms with Crippen molar-refractivity contribution in [2.75, 3.05) is 26.7 Å². The molecule has 212 valence electrons. The lowest BCUT2D eigenvalue weighted by Gasteiger charge is -2.24. The Morgan fingerprint density at radius 3 is 2.62 bits per heavy atom. The van der Waals surface area contributed by atoms with Crippen molar-refractivity contribution in [3.63, 3.8) is 0 Å². The van der Waals surface area contributed by atoms with Crippen molar-refractivity contribution >= 4 is 15.9 Å². The number of methoxy groups -OCH3 is 1. The van der Waals surface area contributed by atoms with Crippen molar-refractivity contribution in [3.05, 3.63) is 94.6 Å². The van der Waals surface area contributed by atoms with E-state index in [1.54, 1.807) is 42.3 Å². The lowest BCUT2D eigenvalue weighted by molar-refractivity contribution is 0.0339. The van der Waals surface area contributed by atoms with Crippen molar-refractivity contribution in [2.45, 2.75) is 50.7 Å². The number of hydrogen-bond acceptors (Lipinski definition) is 6. The summed E-state index contributed by atoms with van der Waals surface area (Å²) in [6.45, 7) is 5.03. The number of benzene rings is 2. The first-order chi connectivity index (χ1) is 19.1. The average Bonchev–Trinajstić information content (AvgIpc) is 3.58. The van der Waals surface area contributed by atoms with Gasteiger partial charge in [-0.15, -0.1) is 0 Å². The van der Waals surface area contributed by atoms with Gasteiger partial charge in [0.15, 0.2) is 0 Å². The molecule has 0 N–H and O–H groups in total. The second kappa shape index (κ2) is 11.6. The number of sulfonamides is 1. The van der Waals surface area contributed by atoms with Crippen LogP contribution in [0.4, 0.5) is 4.39 Å². The van der Waals surface area contributed by atoms with Gasteiger partial charge >= 0.3 is 0 Å². The molecule has 0 aliphatic carbocycles. The number of nitrogens with zero attached hydrogens (tertiary/aromatic N) is 3. The van der Waals surface area contributed by atoms with Gasteiger partial charge in [-0.05, 0) is 68.1 Å². The zero-order chi connectivity index (χ0) is 28.4. The highest BCUT2D eigenvalue weighted by molar-refractivity contribution is 7.88. The lowest BCUT2D eigenvalue weighted by Crippen LogP contribution is -2.32. The molecule has 3 atom stereocenters. The van der Waals surface area contributed by atoms with Crippen molar-refractivity contribution in [3.8, 4) is 5.75 Å². The summed E-state index contributed by atoms with van der Waals surface area (Å²) in [5, 5.41) is 0. The van der Waals surface area contributed by atoms with Gasteiger partial charge in [-0.1, -0.05) is 29.8 Å². The molecule has 5 rings (SSSR count). The van der Waals surface area contributed by atoms with Crippen LogP contribution in [0.1, 0.15) is 51.6 Å².